The molecule has 22 heavy (non-hydrogen) atoms. The zero-order valence-corrected chi connectivity index (χ0v) is 15.0. The number of nitrogens with zero attached hydrogens (tertiary/aromatic N) is 4. The molecular formula is C16H24BrN5. The Morgan fingerprint density at radius 3 is 2.91 bits per heavy atom. The van der Waals surface area contributed by atoms with Crippen LogP contribution in [0.15, 0.2) is 46.8 Å². The van der Waals surface area contributed by atoms with Gasteiger partial charge in [-0.25, -0.2) is 0 Å². The quantitative estimate of drug-likeness (QED) is 0.452. The highest BCUT2D eigenvalue weighted by atomic mass is 79.9. The van der Waals surface area contributed by atoms with Crippen LogP contribution in [0.1, 0.15) is 13.3 Å². The van der Waals surface area contributed by atoms with Gasteiger partial charge in [0.15, 0.2) is 0 Å². The highest BCUT2D eigenvalue weighted by molar-refractivity contribution is 9.09. The Labute approximate surface area is 141 Å². The molecule has 0 saturated carbocycles. The lowest BCUT2D eigenvalue weighted by atomic mass is 10.1. The molecule has 2 rings (SSSR count). The first kappa shape index (κ1) is 16.8. The van der Waals surface area contributed by atoms with Crippen LogP contribution in [0, 0.1) is 0 Å². The lowest BCUT2D eigenvalue weighted by Gasteiger charge is -2.23. The second kappa shape index (κ2) is 7.63. The number of anilines is 2. The molecule has 6 heteroatoms. The molecule has 1 heterocycles. The maximum atomic E-state index is 4.14. The largest absolute Gasteiger partial charge is 0.378 e. The van der Waals surface area contributed by atoms with Gasteiger partial charge in [0, 0.05) is 38.1 Å². The van der Waals surface area contributed by atoms with Crippen molar-refractivity contribution >= 4 is 27.3 Å². The third-order valence-electron chi connectivity index (χ3n) is 3.64. The number of benzene rings is 1. The number of halogens is 1. The molecule has 0 aliphatic carbocycles. The van der Waals surface area contributed by atoms with Gasteiger partial charge in [0.1, 0.15) is 4.95 Å². The van der Waals surface area contributed by atoms with Gasteiger partial charge in [-0.3, -0.25) is 5.01 Å². The molecule has 0 saturated heterocycles. The molecule has 1 aromatic carbocycles. The van der Waals surface area contributed by atoms with E-state index in [2.05, 4.69) is 74.3 Å². The van der Waals surface area contributed by atoms with E-state index < -0.39 is 0 Å². The molecule has 0 spiro atoms. The van der Waals surface area contributed by atoms with Crippen molar-refractivity contribution in [2.75, 3.05) is 37.4 Å². The maximum absolute atomic E-state index is 4.14. The minimum absolute atomic E-state index is 0.125. The molecule has 0 radical (unpaired) electrons. The van der Waals surface area contributed by atoms with E-state index in [9.17, 15) is 0 Å². The van der Waals surface area contributed by atoms with E-state index in [1.165, 1.54) is 5.69 Å². The summed E-state index contributed by atoms with van der Waals surface area (Å²) in [6, 6.07) is 8.63. The van der Waals surface area contributed by atoms with Gasteiger partial charge >= 0.3 is 0 Å². The minimum Gasteiger partial charge on any atom is -0.378 e. The third-order valence-corrected chi connectivity index (χ3v) is 4.11. The van der Waals surface area contributed by atoms with Crippen LogP contribution in [-0.4, -0.2) is 43.2 Å². The fourth-order valence-electron chi connectivity index (χ4n) is 2.31. The molecule has 1 aliphatic rings. The van der Waals surface area contributed by atoms with E-state index in [0.717, 1.165) is 30.8 Å². The first-order valence-corrected chi connectivity index (χ1v) is 8.36. The number of hydrogen-bond acceptors (Lipinski definition) is 5. The van der Waals surface area contributed by atoms with Crippen LogP contribution in [0.3, 0.4) is 0 Å². The van der Waals surface area contributed by atoms with Crippen molar-refractivity contribution in [2.24, 2.45) is 10.3 Å². The zero-order chi connectivity index (χ0) is 16.1. The van der Waals surface area contributed by atoms with Gasteiger partial charge in [-0.15, -0.1) is 0 Å². The standard InChI is InChI=1S/C16H24BrN5/c1-12(2)15(8-9-22-11-16(17)19-20-22)18-13-6-5-7-14(10-13)21(3)4/h5-7,10,15-16,18H,1,8-9,11H2,2-4H3. The smallest absolute Gasteiger partial charge is 0.147 e. The van der Waals surface area contributed by atoms with Crippen molar-refractivity contribution < 1.29 is 0 Å². The van der Waals surface area contributed by atoms with Crippen LogP contribution in [-0.2, 0) is 0 Å². The van der Waals surface area contributed by atoms with E-state index in [1.807, 2.05) is 19.1 Å². The number of alkyl halides is 1. The van der Waals surface area contributed by atoms with E-state index in [0.29, 0.717) is 0 Å². The summed E-state index contributed by atoms with van der Waals surface area (Å²) in [5.41, 5.74) is 3.42. The van der Waals surface area contributed by atoms with Crippen LogP contribution in [0.25, 0.3) is 0 Å². The molecule has 120 valence electrons. The SMILES string of the molecule is C=C(C)C(CCN1CC(Br)N=N1)Nc1cccc(N(C)C)c1. The van der Waals surface area contributed by atoms with Gasteiger partial charge < -0.3 is 10.2 Å². The summed E-state index contributed by atoms with van der Waals surface area (Å²) in [5, 5.41) is 13.8. The molecule has 0 bridgehead atoms. The highest BCUT2D eigenvalue weighted by Gasteiger charge is 2.18. The monoisotopic (exact) mass is 365 g/mol. The lowest BCUT2D eigenvalue weighted by molar-refractivity contribution is 0.309. The van der Waals surface area contributed by atoms with Crippen molar-refractivity contribution in [3.63, 3.8) is 0 Å². The Bertz CT molecular complexity index is 543. The van der Waals surface area contributed by atoms with E-state index >= 15 is 0 Å². The molecule has 2 atom stereocenters. The second-order valence-corrected chi connectivity index (χ2v) is 6.89. The van der Waals surface area contributed by atoms with Gasteiger partial charge in [0.05, 0.1) is 6.54 Å². The van der Waals surface area contributed by atoms with Gasteiger partial charge in [-0.1, -0.05) is 39.4 Å². The average Bonchev–Trinajstić information content (AvgIpc) is 2.89. The van der Waals surface area contributed by atoms with E-state index in [4.69, 9.17) is 0 Å². The second-order valence-electron chi connectivity index (χ2n) is 5.83. The molecule has 2 unspecified atom stereocenters. The Balaban J connectivity index is 1.95. The molecule has 1 aromatic rings. The number of rotatable bonds is 7. The average molecular weight is 366 g/mol. The minimum atomic E-state index is 0.125. The van der Waals surface area contributed by atoms with Crippen molar-refractivity contribution in [3.8, 4) is 0 Å². The molecular weight excluding hydrogens is 342 g/mol. The fourth-order valence-corrected chi connectivity index (χ4v) is 2.72. The molecule has 0 amide bonds. The molecule has 0 fully saturated rings. The van der Waals surface area contributed by atoms with Crippen molar-refractivity contribution in [3.05, 3.63) is 36.4 Å². The van der Waals surface area contributed by atoms with Crippen molar-refractivity contribution in [2.45, 2.75) is 24.3 Å². The summed E-state index contributed by atoms with van der Waals surface area (Å²) in [5.74, 6) is 0. The van der Waals surface area contributed by atoms with Gasteiger partial charge in [0.25, 0.3) is 0 Å². The summed E-state index contributed by atoms with van der Waals surface area (Å²) in [6.45, 7) is 7.87. The van der Waals surface area contributed by atoms with Crippen molar-refractivity contribution in [1.82, 2.24) is 5.01 Å². The van der Waals surface area contributed by atoms with Crippen LogP contribution < -0.4 is 10.2 Å². The van der Waals surface area contributed by atoms with Crippen LogP contribution >= 0.6 is 15.9 Å². The predicted molar refractivity (Wildman–Crippen MR) is 96.8 cm³/mol. The zero-order valence-electron chi connectivity index (χ0n) is 13.5. The fraction of sp³-hybridized carbons (Fsp3) is 0.500. The normalized spacial score (nSPS) is 18.4. The van der Waals surface area contributed by atoms with Gasteiger partial charge in [0.2, 0.25) is 0 Å². The molecule has 1 N–H and O–H groups in total. The molecule has 5 nitrogen and oxygen atoms in total. The Morgan fingerprint density at radius 2 is 2.32 bits per heavy atom. The predicted octanol–water partition coefficient (Wildman–Crippen LogP) is 3.90. The van der Waals surface area contributed by atoms with Crippen LogP contribution in [0.5, 0.6) is 0 Å². The van der Waals surface area contributed by atoms with Gasteiger partial charge in [-0.2, -0.15) is 5.11 Å². The first-order chi connectivity index (χ1) is 10.5. The summed E-state index contributed by atoms with van der Waals surface area (Å²) in [7, 11) is 4.09. The van der Waals surface area contributed by atoms with Crippen LogP contribution in [0.2, 0.25) is 0 Å². The highest BCUT2D eigenvalue weighted by Crippen LogP contribution is 2.21. The summed E-state index contributed by atoms with van der Waals surface area (Å²) in [4.78, 5) is 2.22. The van der Waals surface area contributed by atoms with E-state index in [1.54, 1.807) is 0 Å². The number of hydrogen-bond donors (Lipinski definition) is 1. The molecule has 1 aliphatic heterocycles. The Kier molecular flexibility index (Phi) is 5.83. The summed E-state index contributed by atoms with van der Waals surface area (Å²) >= 11 is 3.45. The maximum Gasteiger partial charge on any atom is 0.147 e. The van der Waals surface area contributed by atoms with Crippen LogP contribution in [0.4, 0.5) is 11.4 Å². The molecule has 0 aromatic heterocycles. The van der Waals surface area contributed by atoms with E-state index in [-0.39, 0.29) is 11.0 Å². The number of nitrogens with one attached hydrogen (secondary N) is 1. The Morgan fingerprint density at radius 1 is 1.55 bits per heavy atom. The first-order valence-electron chi connectivity index (χ1n) is 7.45. The summed E-state index contributed by atoms with van der Waals surface area (Å²) in [6.07, 6.45) is 0.945. The Hall–Kier alpha value is -1.56. The van der Waals surface area contributed by atoms with Crippen molar-refractivity contribution in [1.29, 1.82) is 0 Å². The third kappa shape index (κ3) is 4.73. The topological polar surface area (TPSA) is 43.2 Å². The lowest BCUT2D eigenvalue weighted by Crippen LogP contribution is -2.28. The van der Waals surface area contributed by atoms with Gasteiger partial charge in [-0.05, 0) is 31.5 Å². The summed E-state index contributed by atoms with van der Waals surface area (Å²) < 4.78 is 0.